The van der Waals surface area contributed by atoms with Crippen LogP contribution in [0.2, 0.25) is 0 Å². The van der Waals surface area contributed by atoms with E-state index in [1.54, 1.807) is 0 Å². The fourth-order valence-corrected chi connectivity index (χ4v) is 1.00. The van der Waals surface area contributed by atoms with Gasteiger partial charge in [-0.15, -0.1) is 0 Å². The number of rotatable bonds is 5. The SMILES string of the molecule is CCS(=O)(=O)OCC(C)(C)[N+](=O)[O-]. The van der Waals surface area contributed by atoms with Crippen molar-refractivity contribution in [2.24, 2.45) is 0 Å². The fraction of sp³-hybridized carbons (Fsp3) is 1.00. The van der Waals surface area contributed by atoms with Crippen LogP contribution in [0.25, 0.3) is 0 Å². The van der Waals surface area contributed by atoms with Crippen LogP contribution < -0.4 is 0 Å². The molecule has 0 spiro atoms. The molecule has 0 aromatic rings. The first kappa shape index (κ1) is 12.3. The van der Waals surface area contributed by atoms with Crippen LogP contribution in [-0.2, 0) is 14.3 Å². The zero-order valence-electron chi connectivity index (χ0n) is 7.81. The second-order valence-corrected chi connectivity index (χ2v) is 5.11. The summed E-state index contributed by atoms with van der Waals surface area (Å²) in [6.45, 7) is 3.58. The molecule has 0 amide bonds. The van der Waals surface area contributed by atoms with Crippen LogP contribution in [0.5, 0.6) is 0 Å². The number of nitrogens with zero attached hydrogens (tertiary/aromatic N) is 1. The van der Waals surface area contributed by atoms with Crippen LogP contribution in [0.3, 0.4) is 0 Å². The van der Waals surface area contributed by atoms with Gasteiger partial charge in [-0.25, -0.2) is 0 Å². The minimum absolute atomic E-state index is 0.180. The molecule has 0 atom stereocenters. The predicted molar refractivity (Wildman–Crippen MR) is 46.5 cm³/mol. The molecule has 0 aliphatic carbocycles. The Hall–Kier alpha value is -0.690. The van der Waals surface area contributed by atoms with Gasteiger partial charge in [0, 0.05) is 18.8 Å². The molecule has 0 unspecified atom stereocenters. The van der Waals surface area contributed by atoms with Crippen molar-refractivity contribution < 1.29 is 17.5 Å². The monoisotopic (exact) mass is 211 g/mol. The lowest BCUT2D eigenvalue weighted by Gasteiger charge is -2.14. The summed E-state index contributed by atoms with van der Waals surface area (Å²) in [5, 5.41) is 10.4. The third kappa shape index (κ3) is 4.18. The van der Waals surface area contributed by atoms with E-state index in [9.17, 15) is 18.5 Å². The van der Waals surface area contributed by atoms with Crippen LogP contribution in [-0.4, -0.2) is 31.2 Å². The lowest BCUT2D eigenvalue weighted by Crippen LogP contribution is -2.37. The van der Waals surface area contributed by atoms with Crippen LogP contribution in [0.4, 0.5) is 0 Å². The Bertz CT molecular complexity index is 281. The Morgan fingerprint density at radius 3 is 2.23 bits per heavy atom. The highest BCUT2D eigenvalue weighted by molar-refractivity contribution is 7.86. The molecule has 0 saturated carbocycles. The smallest absolute Gasteiger partial charge is 0.264 e. The van der Waals surface area contributed by atoms with E-state index in [4.69, 9.17) is 0 Å². The van der Waals surface area contributed by atoms with Crippen molar-refractivity contribution in [2.75, 3.05) is 12.4 Å². The highest BCUT2D eigenvalue weighted by Crippen LogP contribution is 2.09. The Balaban J connectivity index is 4.26. The molecule has 6 nitrogen and oxygen atoms in total. The summed E-state index contributed by atoms with van der Waals surface area (Å²) in [6, 6.07) is 0. The quantitative estimate of drug-likeness (QED) is 0.373. The number of hydrogen-bond acceptors (Lipinski definition) is 5. The van der Waals surface area contributed by atoms with E-state index in [0.717, 1.165) is 0 Å². The van der Waals surface area contributed by atoms with E-state index >= 15 is 0 Å². The van der Waals surface area contributed by atoms with E-state index in [2.05, 4.69) is 4.18 Å². The van der Waals surface area contributed by atoms with E-state index in [1.165, 1.54) is 20.8 Å². The highest BCUT2D eigenvalue weighted by Gasteiger charge is 2.33. The largest absolute Gasteiger partial charge is 0.267 e. The minimum atomic E-state index is -3.59. The molecule has 0 bridgehead atoms. The van der Waals surface area contributed by atoms with Crippen molar-refractivity contribution in [3.05, 3.63) is 10.1 Å². The molecule has 0 radical (unpaired) electrons. The standard InChI is InChI=1S/C6H13NO5S/c1-4-13(10,11)12-5-6(2,3)7(8)9/h4-5H2,1-3H3. The Kier molecular flexibility index (Phi) is 3.80. The first-order valence-electron chi connectivity index (χ1n) is 3.73. The third-order valence-electron chi connectivity index (χ3n) is 1.44. The van der Waals surface area contributed by atoms with Gasteiger partial charge in [-0.1, -0.05) is 0 Å². The van der Waals surface area contributed by atoms with Crippen molar-refractivity contribution in [2.45, 2.75) is 26.3 Å². The maximum absolute atomic E-state index is 10.8. The second-order valence-electron chi connectivity index (χ2n) is 3.18. The lowest BCUT2D eigenvalue weighted by molar-refractivity contribution is -0.562. The Morgan fingerprint density at radius 1 is 1.46 bits per heavy atom. The van der Waals surface area contributed by atoms with Gasteiger partial charge in [0.25, 0.3) is 10.1 Å². The van der Waals surface area contributed by atoms with Gasteiger partial charge in [0.15, 0.2) is 0 Å². The number of hydrogen-bond donors (Lipinski definition) is 0. The van der Waals surface area contributed by atoms with Crippen LogP contribution in [0, 0.1) is 10.1 Å². The van der Waals surface area contributed by atoms with Gasteiger partial charge in [0.05, 0.1) is 5.75 Å². The van der Waals surface area contributed by atoms with E-state index in [-0.39, 0.29) is 5.75 Å². The topological polar surface area (TPSA) is 86.5 Å². The zero-order chi connectivity index (χ0) is 10.7. The van der Waals surface area contributed by atoms with Crippen LogP contribution >= 0.6 is 0 Å². The maximum atomic E-state index is 10.8. The first-order valence-corrected chi connectivity index (χ1v) is 5.30. The molecule has 0 aliphatic heterocycles. The zero-order valence-corrected chi connectivity index (χ0v) is 8.63. The molecule has 0 aromatic carbocycles. The molecule has 0 heterocycles. The molecule has 0 aliphatic rings. The van der Waals surface area contributed by atoms with Gasteiger partial charge in [-0.2, -0.15) is 8.42 Å². The summed E-state index contributed by atoms with van der Waals surface area (Å²) in [4.78, 5) is 9.79. The summed E-state index contributed by atoms with van der Waals surface area (Å²) < 4.78 is 26.1. The average molecular weight is 211 g/mol. The summed E-state index contributed by atoms with van der Waals surface area (Å²) in [5.41, 5.74) is -1.37. The highest BCUT2D eigenvalue weighted by atomic mass is 32.2. The summed E-state index contributed by atoms with van der Waals surface area (Å²) in [5.74, 6) is -0.180. The molecule has 0 saturated heterocycles. The minimum Gasteiger partial charge on any atom is -0.264 e. The maximum Gasteiger partial charge on any atom is 0.267 e. The summed E-state index contributed by atoms with van der Waals surface area (Å²) >= 11 is 0. The van der Waals surface area contributed by atoms with Crippen molar-refractivity contribution in [3.63, 3.8) is 0 Å². The predicted octanol–water partition coefficient (Wildman–Crippen LogP) is 0.408. The molecule has 0 N–H and O–H groups in total. The van der Waals surface area contributed by atoms with E-state index < -0.39 is 27.2 Å². The molecule has 0 rings (SSSR count). The molecule has 13 heavy (non-hydrogen) atoms. The molecule has 78 valence electrons. The first-order chi connectivity index (χ1) is 5.71. The van der Waals surface area contributed by atoms with Crippen LogP contribution in [0.15, 0.2) is 0 Å². The van der Waals surface area contributed by atoms with Crippen LogP contribution in [0.1, 0.15) is 20.8 Å². The Labute approximate surface area is 77.2 Å². The molecular formula is C6H13NO5S. The van der Waals surface area contributed by atoms with Gasteiger partial charge in [0.2, 0.25) is 5.54 Å². The number of nitro groups is 1. The molecular weight excluding hydrogens is 198 g/mol. The van der Waals surface area contributed by atoms with Gasteiger partial charge >= 0.3 is 0 Å². The average Bonchev–Trinajstić information content (AvgIpc) is 2.01. The summed E-state index contributed by atoms with van der Waals surface area (Å²) in [6.07, 6.45) is 0. The summed E-state index contributed by atoms with van der Waals surface area (Å²) in [7, 11) is -3.59. The van der Waals surface area contributed by atoms with Crippen molar-refractivity contribution in [1.82, 2.24) is 0 Å². The van der Waals surface area contributed by atoms with E-state index in [0.29, 0.717) is 0 Å². The third-order valence-corrected chi connectivity index (χ3v) is 2.62. The Morgan fingerprint density at radius 2 is 1.92 bits per heavy atom. The van der Waals surface area contributed by atoms with Crippen molar-refractivity contribution in [1.29, 1.82) is 0 Å². The molecule has 7 heteroatoms. The lowest BCUT2D eigenvalue weighted by atomic mass is 10.1. The van der Waals surface area contributed by atoms with Gasteiger partial charge < -0.3 is 0 Å². The normalized spacial score (nSPS) is 12.8. The second kappa shape index (κ2) is 4.01. The van der Waals surface area contributed by atoms with E-state index in [1.807, 2.05) is 0 Å². The van der Waals surface area contributed by atoms with Crippen molar-refractivity contribution in [3.8, 4) is 0 Å². The van der Waals surface area contributed by atoms with Gasteiger partial charge in [-0.3, -0.25) is 14.3 Å². The molecule has 0 fully saturated rings. The fourth-order valence-electron chi connectivity index (χ4n) is 0.370. The molecule has 0 aromatic heterocycles. The van der Waals surface area contributed by atoms with Crippen molar-refractivity contribution >= 4 is 10.1 Å². The van der Waals surface area contributed by atoms with Gasteiger partial charge in [-0.05, 0) is 6.92 Å². The van der Waals surface area contributed by atoms with Gasteiger partial charge in [0.1, 0.15) is 6.61 Å².